The molecule has 0 saturated heterocycles. The van der Waals surface area contributed by atoms with Gasteiger partial charge in [0, 0.05) is 30.5 Å². The summed E-state index contributed by atoms with van der Waals surface area (Å²) in [4.78, 5) is 9.05. The Balaban J connectivity index is 1.75. The summed E-state index contributed by atoms with van der Waals surface area (Å²) in [5.74, 6) is 0.509. The van der Waals surface area contributed by atoms with Crippen molar-refractivity contribution in [2.24, 2.45) is 0 Å². The monoisotopic (exact) mass is 429 g/mol. The van der Waals surface area contributed by atoms with Gasteiger partial charge in [-0.1, -0.05) is 12.1 Å². The molecule has 0 spiro atoms. The summed E-state index contributed by atoms with van der Waals surface area (Å²) in [7, 11) is -2.20. The average molecular weight is 429 g/mol. The number of anilines is 3. The maximum absolute atomic E-state index is 13.8. The van der Waals surface area contributed by atoms with Gasteiger partial charge in [-0.3, -0.25) is 0 Å². The fraction of sp³-hybridized carbons (Fsp3) is 0.200. The Labute approximate surface area is 173 Å². The van der Waals surface area contributed by atoms with Gasteiger partial charge in [0.15, 0.2) is 11.6 Å². The van der Waals surface area contributed by atoms with Gasteiger partial charge in [-0.25, -0.2) is 22.5 Å². The lowest BCUT2D eigenvalue weighted by Gasteiger charge is -2.14. The quantitative estimate of drug-likeness (QED) is 0.575. The number of sulfonamides is 1. The Hall–Kier alpha value is -3.24. The predicted molar refractivity (Wildman–Crippen MR) is 112 cm³/mol. The topological polar surface area (TPSA) is 105 Å². The van der Waals surface area contributed by atoms with Crippen molar-refractivity contribution in [3.05, 3.63) is 54.5 Å². The highest BCUT2D eigenvalue weighted by Gasteiger charge is 2.16. The van der Waals surface area contributed by atoms with Crippen molar-refractivity contribution in [3.63, 3.8) is 0 Å². The van der Waals surface area contributed by atoms with Gasteiger partial charge < -0.3 is 15.4 Å². The standard InChI is InChI=1S/C20H20FN5O3S/c1-29-18-10-13(6-7-17(18)21)16-12-23-20-25-14-4-2-5-15(11-14)30(27,28)24-9-3-8-22-19(16)26-20/h2,4-7,10-12,24H,3,8-9H2,1H3,(H2,22,23,25,26). The molecule has 2 heterocycles. The number of nitrogens with zero attached hydrogens (tertiary/aromatic N) is 2. The number of fused-ring (bicyclic) bond motifs is 4. The van der Waals surface area contributed by atoms with Gasteiger partial charge in [0.05, 0.1) is 12.0 Å². The number of hydrogen-bond acceptors (Lipinski definition) is 7. The molecule has 1 aromatic heterocycles. The summed E-state index contributed by atoms with van der Waals surface area (Å²) in [6.07, 6.45) is 2.17. The first kappa shape index (κ1) is 20.0. The molecular weight excluding hydrogens is 409 g/mol. The van der Waals surface area contributed by atoms with Gasteiger partial charge in [0.2, 0.25) is 16.0 Å². The summed E-state index contributed by atoms with van der Waals surface area (Å²) >= 11 is 0. The van der Waals surface area contributed by atoms with E-state index in [1.165, 1.54) is 25.3 Å². The molecule has 8 nitrogen and oxygen atoms in total. The normalized spacial score (nSPS) is 15.5. The summed E-state index contributed by atoms with van der Waals surface area (Å²) in [5.41, 5.74) is 1.90. The van der Waals surface area contributed by atoms with Crippen LogP contribution >= 0.6 is 0 Å². The second-order valence-corrected chi connectivity index (χ2v) is 8.40. The summed E-state index contributed by atoms with van der Waals surface area (Å²) in [6, 6.07) is 11.0. The van der Waals surface area contributed by atoms with E-state index in [4.69, 9.17) is 4.74 Å². The zero-order valence-corrected chi connectivity index (χ0v) is 17.0. The Kier molecular flexibility index (Phi) is 5.51. The minimum Gasteiger partial charge on any atom is -0.494 e. The molecule has 0 radical (unpaired) electrons. The van der Waals surface area contributed by atoms with Crippen LogP contribution in [0.1, 0.15) is 6.42 Å². The number of ether oxygens (including phenoxy) is 1. The Bertz CT molecular complexity index is 1190. The molecule has 10 heteroatoms. The van der Waals surface area contributed by atoms with Crippen LogP contribution in [0.5, 0.6) is 5.75 Å². The second kappa shape index (κ2) is 8.25. The van der Waals surface area contributed by atoms with Crippen molar-refractivity contribution in [2.45, 2.75) is 11.3 Å². The fourth-order valence-corrected chi connectivity index (χ4v) is 4.19. The maximum Gasteiger partial charge on any atom is 0.240 e. The highest BCUT2D eigenvalue weighted by atomic mass is 32.2. The van der Waals surface area contributed by atoms with Crippen LogP contribution in [0.25, 0.3) is 11.1 Å². The lowest BCUT2D eigenvalue weighted by atomic mass is 10.1. The van der Waals surface area contributed by atoms with Gasteiger partial charge in [0.25, 0.3) is 0 Å². The van der Waals surface area contributed by atoms with Gasteiger partial charge in [-0.2, -0.15) is 4.98 Å². The largest absolute Gasteiger partial charge is 0.494 e. The molecule has 0 amide bonds. The van der Waals surface area contributed by atoms with Crippen LogP contribution in [0.2, 0.25) is 0 Å². The fourth-order valence-electron chi connectivity index (χ4n) is 3.07. The Morgan fingerprint density at radius 3 is 2.83 bits per heavy atom. The molecule has 1 aliphatic rings. The predicted octanol–water partition coefficient (Wildman–Crippen LogP) is 3.13. The minimum atomic E-state index is -3.61. The Morgan fingerprint density at radius 1 is 1.13 bits per heavy atom. The van der Waals surface area contributed by atoms with E-state index in [-0.39, 0.29) is 17.2 Å². The third-order valence-electron chi connectivity index (χ3n) is 4.59. The van der Waals surface area contributed by atoms with Crippen LogP contribution in [-0.2, 0) is 10.0 Å². The highest BCUT2D eigenvalue weighted by molar-refractivity contribution is 7.89. The van der Waals surface area contributed by atoms with E-state index < -0.39 is 15.8 Å². The molecule has 156 valence electrons. The van der Waals surface area contributed by atoms with E-state index >= 15 is 0 Å². The second-order valence-electron chi connectivity index (χ2n) is 6.64. The molecule has 30 heavy (non-hydrogen) atoms. The molecular formula is C20H20FN5O3S. The van der Waals surface area contributed by atoms with Gasteiger partial charge in [-0.15, -0.1) is 0 Å². The molecule has 0 fully saturated rings. The lowest BCUT2D eigenvalue weighted by molar-refractivity contribution is 0.387. The molecule has 3 aromatic rings. The number of benzene rings is 2. The van der Waals surface area contributed by atoms with E-state index in [9.17, 15) is 12.8 Å². The number of rotatable bonds is 2. The molecule has 3 N–H and O–H groups in total. The van der Waals surface area contributed by atoms with Crippen LogP contribution in [0.15, 0.2) is 53.6 Å². The summed E-state index contributed by atoms with van der Waals surface area (Å²) < 4.78 is 46.4. The van der Waals surface area contributed by atoms with Crippen molar-refractivity contribution in [2.75, 3.05) is 30.8 Å². The third-order valence-corrected chi connectivity index (χ3v) is 6.05. The van der Waals surface area contributed by atoms with E-state index in [1.54, 1.807) is 30.5 Å². The van der Waals surface area contributed by atoms with Gasteiger partial charge in [-0.05, 0) is 42.3 Å². The zero-order chi connectivity index (χ0) is 21.1. The van der Waals surface area contributed by atoms with Crippen LogP contribution in [-0.4, -0.2) is 38.6 Å². The maximum atomic E-state index is 13.8. The first-order valence-corrected chi connectivity index (χ1v) is 10.8. The lowest BCUT2D eigenvalue weighted by Crippen LogP contribution is -2.26. The van der Waals surface area contributed by atoms with Crippen LogP contribution in [0.4, 0.5) is 21.8 Å². The number of methoxy groups -OCH3 is 1. The van der Waals surface area contributed by atoms with Crippen LogP contribution < -0.4 is 20.1 Å². The molecule has 0 atom stereocenters. The first-order chi connectivity index (χ1) is 14.5. The first-order valence-electron chi connectivity index (χ1n) is 9.28. The van der Waals surface area contributed by atoms with Crippen molar-refractivity contribution in [3.8, 4) is 16.9 Å². The Morgan fingerprint density at radius 2 is 2.00 bits per heavy atom. The van der Waals surface area contributed by atoms with Gasteiger partial charge in [0.1, 0.15) is 5.82 Å². The average Bonchev–Trinajstić information content (AvgIpc) is 2.74. The molecule has 0 saturated carbocycles. The van der Waals surface area contributed by atoms with Crippen LogP contribution in [0.3, 0.4) is 0 Å². The van der Waals surface area contributed by atoms with E-state index in [2.05, 4.69) is 25.3 Å². The molecule has 1 aliphatic heterocycles. The van der Waals surface area contributed by atoms with E-state index in [0.29, 0.717) is 41.5 Å². The van der Waals surface area contributed by atoms with Crippen molar-refractivity contribution in [1.82, 2.24) is 14.7 Å². The van der Waals surface area contributed by atoms with Gasteiger partial charge >= 0.3 is 0 Å². The van der Waals surface area contributed by atoms with E-state index in [1.807, 2.05) is 0 Å². The SMILES string of the molecule is COc1cc(-c2cnc3nc2NCCCNS(=O)(=O)c2cccc(c2)N3)ccc1F. The summed E-state index contributed by atoms with van der Waals surface area (Å²) in [6.45, 7) is 0.743. The van der Waals surface area contributed by atoms with Crippen LogP contribution in [0, 0.1) is 5.82 Å². The van der Waals surface area contributed by atoms with Crippen molar-refractivity contribution < 1.29 is 17.5 Å². The minimum absolute atomic E-state index is 0.123. The molecule has 0 unspecified atom stereocenters. The molecule has 2 aromatic carbocycles. The highest BCUT2D eigenvalue weighted by Crippen LogP contribution is 2.31. The number of halogens is 1. The van der Waals surface area contributed by atoms with Crippen molar-refractivity contribution in [1.29, 1.82) is 0 Å². The van der Waals surface area contributed by atoms with Crippen molar-refractivity contribution >= 4 is 27.5 Å². The van der Waals surface area contributed by atoms with E-state index in [0.717, 1.165) is 0 Å². The molecule has 4 rings (SSSR count). The number of nitrogens with one attached hydrogen (secondary N) is 3. The smallest absolute Gasteiger partial charge is 0.240 e. The number of hydrogen-bond donors (Lipinski definition) is 3. The summed E-state index contributed by atoms with van der Waals surface area (Å²) in [5, 5.41) is 6.25. The third kappa shape index (κ3) is 4.19. The molecule has 4 bridgehead atoms. The molecule has 0 aliphatic carbocycles. The number of aromatic nitrogens is 2. The zero-order valence-electron chi connectivity index (χ0n) is 16.1.